The van der Waals surface area contributed by atoms with Gasteiger partial charge in [0.1, 0.15) is 12.4 Å². The highest BCUT2D eigenvalue weighted by Gasteiger charge is 2.42. The molecular formula is C25H27F2N3O5. The molecule has 0 aliphatic carbocycles. The number of benzene rings is 2. The van der Waals surface area contributed by atoms with E-state index in [0.29, 0.717) is 37.4 Å². The molecule has 0 spiro atoms. The summed E-state index contributed by atoms with van der Waals surface area (Å²) < 4.78 is 36.3. The fraction of sp³-hybridized carbons (Fsp3) is 0.400. The standard InChI is InChI=1S/C25H27F2N3O5/c1-25(9-11-34-12-10-25)24(33)30-14-18-8-7-17(22(31)28-29-23(32)21(26)27)13-20(18)35-15-19(30)16-5-3-2-4-6-16/h2-8,13,19,21H,9-12,14-15H2,1H3,(H,28,31)(H,29,32)/t19-/m1/s1. The quantitative estimate of drug-likeness (QED) is 0.647. The number of fused-ring (bicyclic) bond motifs is 1. The smallest absolute Gasteiger partial charge is 0.317 e. The molecule has 0 radical (unpaired) electrons. The number of ether oxygens (including phenoxy) is 2. The number of halogens is 2. The lowest BCUT2D eigenvalue weighted by molar-refractivity contribution is -0.150. The Bertz CT molecular complexity index is 1090. The van der Waals surface area contributed by atoms with Crippen molar-refractivity contribution in [3.63, 3.8) is 0 Å². The number of hydrazine groups is 1. The summed E-state index contributed by atoms with van der Waals surface area (Å²) in [4.78, 5) is 39.1. The highest BCUT2D eigenvalue weighted by atomic mass is 19.3. The van der Waals surface area contributed by atoms with Crippen LogP contribution in [0.5, 0.6) is 5.75 Å². The van der Waals surface area contributed by atoms with Crippen LogP contribution in [0.1, 0.15) is 47.3 Å². The first-order valence-corrected chi connectivity index (χ1v) is 11.4. The summed E-state index contributed by atoms with van der Waals surface area (Å²) in [6, 6.07) is 13.9. The number of amides is 3. The predicted molar refractivity (Wildman–Crippen MR) is 121 cm³/mol. The van der Waals surface area contributed by atoms with Crippen LogP contribution in [0.2, 0.25) is 0 Å². The van der Waals surface area contributed by atoms with Crippen LogP contribution in [-0.2, 0) is 20.9 Å². The Balaban J connectivity index is 1.60. The van der Waals surface area contributed by atoms with E-state index in [9.17, 15) is 23.2 Å². The van der Waals surface area contributed by atoms with Gasteiger partial charge in [0.25, 0.3) is 5.91 Å². The van der Waals surface area contributed by atoms with Gasteiger partial charge in [-0.1, -0.05) is 43.3 Å². The minimum absolute atomic E-state index is 0.0163. The predicted octanol–water partition coefficient (Wildman–Crippen LogP) is 2.99. The molecule has 2 aliphatic heterocycles. The number of alkyl halides is 2. The number of hydrogen-bond donors (Lipinski definition) is 2. The lowest BCUT2D eigenvalue weighted by Crippen LogP contribution is -2.47. The maximum Gasteiger partial charge on any atom is 0.317 e. The van der Waals surface area contributed by atoms with Crippen LogP contribution >= 0.6 is 0 Å². The van der Waals surface area contributed by atoms with Crippen LogP contribution < -0.4 is 15.6 Å². The van der Waals surface area contributed by atoms with E-state index in [1.165, 1.54) is 12.1 Å². The number of carbonyl (C=O) groups is 3. The molecule has 10 heteroatoms. The minimum atomic E-state index is -3.25. The van der Waals surface area contributed by atoms with Crippen molar-refractivity contribution in [2.45, 2.75) is 38.8 Å². The summed E-state index contributed by atoms with van der Waals surface area (Å²) in [6.07, 6.45) is -2.00. The molecule has 3 amide bonds. The molecule has 2 aromatic carbocycles. The Hall–Kier alpha value is -3.53. The maximum absolute atomic E-state index is 13.8. The zero-order chi connectivity index (χ0) is 25.0. The van der Waals surface area contributed by atoms with Gasteiger partial charge in [-0.3, -0.25) is 25.2 Å². The highest BCUT2D eigenvalue weighted by molar-refractivity contribution is 5.96. The molecule has 2 aliphatic rings. The molecule has 0 bridgehead atoms. The fourth-order valence-electron chi connectivity index (χ4n) is 4.31. The summed E-state index contributed by atoms with van der Waals surface area (Å²) in [7, 11) is 0. The van der Waals surface area contributed by atoms with Crippen LogP contribution in [0.15, 0.2) is 48.5 Å². The first kappa shape index (κ1) is 24.6. The van der Waals surface area contributed by atoms with Crippen molar-refractivity contribution in [3.8, 4) is 5.75 Å². The Morgan fingerprint density at radius 2 is 1.77 bits per heavy atom. The van der Waals surface area contributed by atoms with Crippen LogP contribution in [0.3, 0.4) is 0 Å². The summed E-state index contributed by atoms with van der Waals surface area (Å²) in [5.74, 6) is -1.95. The molecule has 1 fully saturated rings. The molecule has 1 atom stereocenters. The van der Waals surface area contributed by atoms with Crippen molar-refractivity contribution < 1.29 is 32.6 Å². The first-order valence-electron chi connectivity index (χ1n) is 11.4. The van der Waals surface area contributed by atoms with Gasteiger partial charge in [0, 0.05) is 24.3 Å². The molecular weight excluding hydrogens is 460 g/mol. The van der Waals surface area contributed by atoms with Gasteiger partial charge in [-0.15, -0.1) is 0 Å². The van der Waals surface area contributed by atoms with Crippen molar-refractivity contribution in [1.82, 2.24) is 15.8 Å². The average Bonchev–Trinajstić information content (AvgIpc) is 3.06. The Kier molecular flexibility index (Phi) is 7.30. The second kappa shape index (κ2) is 10.4. The Morgan fingerprint density at radius 3 is 2.46 bits per heavy atom. The number of carbonyl (C=O) groups excluding carboxylic acids is 3. The van der Waals surface area contributed by atoms with Gasteiger partial charge in [-0.25, -0.2) is 0 Å². The maximum atomic E-state index is 13.8. The summed E-state index contributed by atoms with van der Waals surface area (Å²) >= 11 is 0. The van der Waals surface area contributed by atoms with Gasteiger partial charge in [-0.2, -0.15) is 8.78 Å². The molecule has 8 nitrogen and oxygen atoms in total. The molecule has 186 valence electrons. The second-order valence-electron chi connectivity index (χ2n) is 8.91. The molecule has 0 saturated carbocycles. The third kappa shape index (κ3) is 5.43. The van der Waals surface area contributed by atoms with Crippen molar-refractivity contribution in [2.24, 2.45) is 5.41 Å². The van der Waals surface area contributed by atoms with E-state index >= 15 is 0 Å². The average molecular weight is 488 g/mol. The lowest BCUT2D eigenvalue weighted by Gasteiger charge is -2.39. The van der Waals surface area contributed by atoms with Crippen LogP contribution in [0.25, 0.3) is 0 Å². The first-order chi connectivity index (χ1) is 16.8. The van der Waals surface area contributed by atoms with Crippen molar-refractivity contribution in [3.05, 3.63) is 65.2 Å². The third-order valence-corrected chi connectivity index (χ3v) is 6.50. The highest BCUT2D eigenvalue weighted by Crippen LogP contribution is 2.39. The van der Waals surface area contributed by atoms with E-state index < -0.39 is 23.7 Å². The topological polar surface area (TPSA) is 97.0 Å². The lowest BCUT2D eigenvalue weighted by atomic mass is 9.80. The molecule has 2 N–H and O–H groups in total. The Labute approximate surface area is 201 Å². The van der Waals surface area contributed by atoms with Crippen molar-refractivity contribution in [1.29, 1.82) is 0 Å². The van der Waals surface area contributed by atoms with Gasteiger partial charge in [0.2, 0.25) is 5.91 Å². The minimum Gasteiger partial charge on any atom is -0.491 e. The zero-order valence-corrected chi connectivity index (χ0v) is 19.3. The number of nitrogens with one attached hydrogen (secondary N) is 2. The van der Waals surface area contributed by atoms with Gasteiger partial charge < -0.3 is 14.4 Å². The zero-order valence-electron chi connectivity index (χ0n) is 19.3. The van der Waals surface area contributed by atoms with E-state index in [1.807, 2.05) is 47.6 Å². The van der Waals surface area contributed by atoms with E-state index in [1.54, 1.807) is 11.5 Å². The summed E-state index contributed by atoms with van der Waals surface area (Å²) in [6.45, 7) is 3.46. The summed E-state index contributed by atoms with van der Waals surface area (Å²) in [5.41, 5.74) is 4.83. The van der Waals surface area contributed by atoms with E-state index in [-0.39, 0.29) is 30.7 Å². The van der Waals surface area contributed by atoms with E-state index in [0.717, 1.165) is 5.56 Å². The van der Waals surface area contributed by atoms with Gasteiger partial charge in [0.15, 0.2) is 0 Å². The molecule has 0 aromatic heterocycles. The number of nitrogens with zero attached hydrogens (tertiary/aromatic N) is 1. The third-order valence-electron chi connectivity index (χ3n) is 6.50. The van der Waals surface area contributed by atoms with Crippen LogP contribution in [0.4, 0.5) is 8.78 Å². The SMILES string of the molecule is CC1(C(=O)N2Cc3ccc(C(=O)NNC(=O)C(F)F)cc3OC[C@@H]2c2ccccc2)CCOCC1. The van der Waals surface area contributed by atoms with Crippen molar-refractivity contribution >= 4 is 17.7 Å². The second-order valence-corrected chi connectivity index (χ2v) is 8.91. The number of hydrogen-bond acceptors (Lipinski definition) is 5. The van der Waals surface area contributed by atoms with E-state index in [4.69, 9.17) is 9.47 Å². The molecule has 2 aromatic rings. The number of rotatable bonds is 4. The van der Waals surface area contributed by atoms with Crippen molar-refractivity contribution in [2.75, 3.05) is 19.8 Å². The van der Waals surface area contributed by atoms with Gasteiger partial charge in [-0.05, 0) is 30.5 Å². The Morgan fingerprint density at radius 1 is 1.06 bits per heavy atom. The fourth-order valence-corrected chi connectivity index (χ4v) is 4.31. The van der Waals surface area contributed by atoms with Crippen LogP contribution in [0, 0.1) is 5.41 Å². The summed E-state index contributed by atoms with van der Waals surface area (Å²) in [5, 5.41) is 0. The van der Waals surface area contributed by atoms with Gasteiger partial charge >= 0.3 is 12.3 Å². The van der Waals surface area contributed by atoms with Gasteiger partial charge in [0.05, 0.1) is 18.0 Å². The molecule has 4 rings (SSSR count). The molecule has 2 heterocycles. The molecule has 1 saturated heterocycles. The monoisotopic (exact) mass is 487 g/mol. The normalized spacial score (nSPS) is 19.2. The molecule has 35 heavy (non-hydrogen) atoms. The largest absolute Gasteiger partial charge is 0.491 e. The van der Waals surface area contributed by atoms with E-state index in [2.05, 4.69) is 0 Å². The molecule has 0 unspecified atom stereocenters. The van der Waals surface area contributed by atoms with Crippen LogP contribution in [-0.4, -0.2) is 48.9 Å².